The normalized spacial score (nSPS) is 19.8. The molecule has 1 aliphatic heterocycles. The minimum Gasteiger partial charge on any atom is -0.383 e. The molecular formula is C41H40F5N3O3S. The van der Waals surface area contributed by atoms with Gasteiger partial charge in [0.25, 0.3) is 0 Å². The van der Waals surface area contributed by atoms with Crippen LogP contribution in [0.25, 0.3) is 22.0 Å². The molecule has 0 radical (unpaired) electrons. The second kappa shape index (κ2) is 16.7. The highest BCUT2D eigenvalue weighted by atomic mass is 32.2. The van der Waals surface area contributed by atoms with E-state index in [0.29, 0.717) is 4.57 Å². The molecule has 0 atom stereocenters. The number of pyridine rings is 1. The maximum atomic E-state index is 15.5. The minimum atomic E-state index is -5.37. The highest BCUT2D eigenvalue weighted by Gasteiger charge is 2.31. The SMILES string of the molecule is [2H]c1c([2H])c(F)c(F)c(C([2H])([2H])Sc2c([2H])c(=O)c3c([2H])c(C)c([2H])c([2H])c3n2CC(=O)N(Cc2c([2H])c([2H])c(-c3c([2H])c([2H])c(C(F)(F)F)c([2H])c3[2H])c([2H])c2[2H])C2CCN(CC([2H])([2H])OC)CC2)c1[2H]. The Kier molecular flexibility index (Phi) is 6.54. The average molecular weight is 769 g/mol. The van der Waals surface area contributed by atoms with Crippen LogP contribution in [0.2, 0.25) is 0 Å². The van der Waals surface area contributed by atoms with Crippen molar-refractivity contribution < 1.29 is 57.5 Å². The molecular weight excluding hydrogens is 710 g/mol. The maximum Gasteiger partial charge on any atom is 0.416 e. The molecule has 0 N–H and O–H groups in total. The highest BCUT2D eigenvalue weighted by Crippen LogP contribution is 2.32. The van der Waals surface area contributed by atoms with Crippen molar-refractivity contribution in [2.45, 2.75) is 55.8 Å². The van der Waals surface area contributed by atoms with Gasteiger partial charge in [-0.2, -0.15) is 13.2 Å². The zero-order chi connectivity index (χ0) is 54.3. The predicted molar refractivity (Wildman–Crippen MR) is 198 cm³/mol. The number of hydrogen-bond acceptors (Lipinski definition) is 5. The summed E-state index contributed by atoms with van der Waals surface area (Å²) in [4.78, 5) is 31.8. The van der Waals surface area contributed by atoms with Crippen LogP contribution in [-0.2, 0) is 34.5 Å². The third-order valence-corrected chi connectivity index (χ3v) is 8.93. The first-order chi connectivity index (χ1) is 33.1. The lowest BCUT2D eigenvalue weighted by atomic mass is 10.00. The van der Waals surface area contributed by atoms with Crippen LogP contribution in [0.5, 0.6) is 0 Å². The lowest BCUT2D eigenvalue weighted by molar-refractivity contribution is -0.137. The molecule has 1 aliphatic rings. The van der Waals surface area contributed by atoms with Gasteiger partial charge in [0.05, 0.1) is 46.0 Å². The number of hydrogen-bond donors (Lipinski definition) is 0. The molecule has 5 aromatic rings. The van der Waals surface area contributed by atoms with Crippen molar-refractivity contribution in [1.29, 1.82) is 0 Å². The number of thioether (sulfide) groups is 1. The number of fused-ring (bicyclic) bond motifs is 1. The van der Waals surface area contributed by atoms with E-state index in [1.807, 2.05) is 0 Å². The fourth-order valence-electron chi connectivity index (χ4n) is 5.44. The summed E-state index contributed by atoms with van der Waals surface area (Å²) in [5.74, 6) is -5.22. The molecule has 0 aliphatic carbocycles. The van der Waals surface area contributed by atoms with Gasteiger partial charge in [-0.05, 0) is 66.7 Å². The average Bonchev–Trinajstić information content (AvgIpc) is 3.30. The number of carbonyl (C=O) groups excluding carboxylic acids is 1. The van der Waals surface area contributed by atoms with E-state index in [9.17, 15) is 22.4 Å². The quantitative estimate of drug-likeness (QED) is 0.0940. The summed E-state index contributed by atoms with van der Waals surface area (Å²) < 4.78 is 239. The van der Waals surface area contributed by atoms with Gasteiger partial charge < -0.3 is 19.1 Å². The second-order valence-electron chi connectivity index (χ2n) is 11.6. The molecule has 1 amide bonds. The monoisotopic (exact) mass is 768 g/mol. The largest absolute Gasteiger partial charge is 0.416 e. The van der Waals surface area contributed by atoms with Gasteiger partial charge in [-0.3, -0.25) is 9.59 Å². The van der Waals surface area contributed by atoms with Gasteiger partial charge in [0, 0.05) is 64.8 Å². The Bertz CT molecular complexity index is 3070. The molecule has 0 unspecified atom stereocenters. The molecule has 4 aromatic carbocycles. The van der Waals surface area contributed by atoms with E-state index in [-0.39, 0.29) is 49.8 Å². The summed E-state index contributed by atoms with van der Waals surface area (Å²) in [6.45, 7) is -3.14. The third-order valence-electron chi connectivity index (χ3n) is 8.11. The molecule has 2 heterocycles. The Morgan fingerprint density at radius 3 is 2.32 bits per heavy atom. The van der Waals surface area contributed by atoms with Crippen LogP contribution in [0.15, 0.2) is 100 Å². The van der Waals surface area contributed by atoms with E-state index in [4.69, 9.17) is 30.8 Å². The molecule has 0 spiro atoms. The van der Waals surface area contributed by atoms with Crippen LogP contribution in [0.3, 0.4) is 0 Å². The van der Waals surface area contributed by atoms with Crippen LogP contribution in [0.4, 0.5) is 22.0 Å². The van der Waals surface area contributed by atoms with Crippen molar-refractivity contribution in [1.82, 2.24) is 14.4 Å². The third kappa shape index (κ3) is 9.17. The number of rotatable bonds is 12. The number of carbonyl (C=O) groups is 1. The number of amides is 1. The zero-order valence-corrected chi connectivity index (χ0v) is 28.7. The van der Waals surface area contributed by atoms with E-state index in [1.165, 1.54) is 6.92 Å². The Hall–Kier alpha value is -4.52. The van der Waals surface area contributed by atoms with E-state index in [1.54, 1.807) is 4.90 Å². The van der Waals surface area contributed by atoms with Crippen molar-refractivity contribution in [3.63, 3.8) is 0 Å². The summed E-state index contributed by atoms with van der Waals surface area (Å²) >= 11 is -0.249. The number of ether oxygens (including phenoxy) is 1. The highest BCUT2D eigenvalue weighted by molar-refractivity contribution is 7.98. The van der Waals surface area contributed by atoms with Crippen molar-refractivity contribution in [2.24, 2.45) is 0 Å². The van der Waals surface area contributed by atoms with Gasteiger partial charge in [0.1, 0.15) is 6.54 Å². The standard InChI is InChI=1S/C41H40F5N3O3S/c1-27-6-15-36-34(22-27)37(50)23-39(53-26-31-4-3-5-35(42)40(31)43)49(36)25-38(51)48(33-16-18-47(19-17-33)20-21-52-2)24-28-7-9-29(10-8-28)30-11-13-32(14-12-30)41(44,45)46/h3-15,22-23,33H,16-21,24-26H2,1-2H3/i3D,4D,5D,6D,7D,8D,9D,10D,11D,12D,13D,14D,15D,21D2,22D,23D,26D2. The van der Waals surface area contributed by atoms with Gasteiger partial charge >= 0.3 is 6.18 Å². The molecule has 12 heteroatoms. The van der Waals surface area contributed by atoms with Crippen LogP contribution < -0.4 is 5.43 Å². The summed E-state index contributed by atoms with van der Waals surface area (Å²) in [5.41, 5.74) is -11.6. The first-order valence-electron chi connectivity index (χ1n) is 25.3. The fraction of sp³-hybridized carbons (Fsp3) is 0.317. The molecule has 278 valence electrons. The van der Waals surface area contributed by atoms with Crippen molar-refractivity contribution in [2.75, 3.05) is 33.3 Å². The lowest BCUT2D eigenvalue weighted by Gasteiger charge is -2.39. The Morgan fingerprint density at radius 1 is 0.981 bits per heavy atom. The summed E-state index contributed by atoms with van der Waals surface area (Å²) in [6, 6.07) is -18.2. The number of halogens is 5. The lowest BCUT2D eigenvalue weighted by Crippen LogP contribution is -2.48. The van der Waals surface area contributed by atoms with Gasteiger partial charge in [-0.1, -0.05) is 59.9 Å². The predicted octanol–water partition coefficient (Wildman–Crippen LogP) is 8.71. The minimum absolute atomic E-state index is 0.0196. The molecule has 6 rings (SSSR count). The van der Waals surface area contributed by atoms with Gasteiger partial charge in [-0.15, -0.1) is 11.8 Å². The van der Waals surface area contributed by atoms with E-state index in [2.05, 4.69) is 0 Å². The summed E-state index contributed by atoms with van der Waals surface area (Å²) in [5, 5.41) is -1.62. The molecule has 1 aromatic heterocycles. The van der Waals surface area contributed by atoms with Gasteiger partial charge in [0.2, 0.25) is 5.91 Å². The van der Waals surface area contributed by atoms with Crippen LogP contribution >= 0.6 is 11.8 Å². The topological polar surface area (TPSA) is 54.8 Å². The van der Waals surface area contributed by atoms with Crippen LogP contribution in [-0.4, -0.2) is 59.6 Å². The molecule has 1 fully saturated rings. The summed E-state index contributed by atoms with van der Waals surface area (Å²) in [7, 11) is 1.14. The Labute approximate surface area is 335 Å². The Morgan fingerprint density at radius 2 is 1.66 bits per heavy atom. The molecule has 53 heavy (non-hydrogen) atoms. The van der Waals surface area contributed by atoms with Crippen LogP contribution in [0, 0.1) is 18.6 Å². The van der Waals surface area contributed by atoms with E-state index in [0.717, 1.165) is 12.0 Å². The second-order valence-corrected chi connectivity index (χ2v) is 12.4. The number of alkyl halides is 3. The smallest absolute Gasteiger partial charge is 0.383 e. The molecule has 6 nitrogen and oxygen atoms in total. The fourth-order valence-corrected chi connectivity index (χ4v) is 6.19. The van der Waals surface area contributed by atoms with E-state index < -0.39 is 195 Å². The first kappa shape index (κ1) is 20.8. The number of aromatic nitrogens is 1. The molecule has 1 saturated heterocycles. The van der Waals surface area contributed by atoms with Gasteiger partial charge in [0.15, 0.2) is 17.1 Å². The van der Waals surface area contributed by atoms with E-state index >= 15 is 9.18 Å². The number of likely N-dealkylation sites (tertiary alicyclic amines) is 1. The number of methoxy groups -OCH3 is 1. The Balaban J connectivity index is 1.58. The number of benzene rings is 4. The van der Waals surface area contributed by atoms with Crippen molar-refractivity contribution >= 4 is 28.6 Å². The molecule has 0 bridgehead atoms. The zero-order valence-electron chi connectivity index (χ0n) is 46.9. The van der Waals surface area contributed by atoms with Crippen molar-refractivity contribution in [3.05, 3.63) is 135 Å². The number of piperidine rings is 1. The molecule has 0 saturated carbocycles. The maximum absolute atomic E-state index is 15.5. The van der Waals surface area contributed by atoms with Gasteiger partial charge in [-0.25, -0.2) is 8.78 Å². The van der Waals surface area contributed by atoms with Crippen LogP contribution in [0.1, 0.15) is 61.1 Å². The van der Waals surface area contributed by atoms with Crippen molar-refractivity contribution in [3.8, 4) is 11.1 Å². The summed E-state index contributed by atoms with van der Waals surface area (Å²) in [6.07, 6.45) is -5.41. The first-order valence-corrected chi connectivity index (χ1v) is 16.6. The number of nitrogens with zero attached hydrogens (tertiary/aromatic N) is 3.